The summed E-state index contributed by atoms with van der Waals surface area (Å²) in [5.74, 6) is 2.03. The predicted molar refractivity (Wildman–Crippen MR) is 82.9 cm³/mol. The van der Waals surface area contributed by atoms with Crippen LogP contribution in [0.1, 0.15) is 36.3 Å². The van der Waals surface area contributed by atoms with Gasteiger partial charge < -0.3 is 5.32 Å². The first kappa shape index (κ1) is 14.4. The molecule has 102 valence electrons. The molecule has 0 aromatic carbocycles. The Bertz CT molecular complexity index is 553. The summed E-state index contributed by atoms with van der Waals surface area (Å²) >= 11 is 5.12. The molecule has 0 amide bonds. The van der Waals surface area contributed by atoms with E-state index in [1.807, 2.05) is 13.0 Å². The van der Waals surface area contributed by atoms with Gasteiger partial charge in [0.05, 0.1) is 5.01 Å². The van der Waals surface area contributed by atoms with Crippen LogP contribution in [0.15, 0.2) is 16.0 Å². The van der Waals surface area contributed by atoms with E-state index < -0.39 is 0 Å². The smallest absolute Gasteiger partial charge is 0.134 e. The van der Waals surface area contributed by atoms with Gasteiger partial charge in [-0.3, -0.25) is 0 Å². The van der Waals surface area contributed by atoms with Gasteiger partial charge >= 0.3 is 0 Å². The minimum Gasteiger partial charge on any atom is -0.370 e. The standard InChI is InChI=1S/C13H17BrN4S/c1-8(2)13-17-10(14)6-11(18-13)15-5-4-12-16-9(3)7-19-12/h6-8H,4-5H2,1-3H3,(H,15,17,18). The Morgan fingerprint density at radius 1 is 1.32 bits per heavy atom. The molecule has 0 aliphatic heterocycles. The third-order valence-corrected chi connectivity index (χ3v) is 3.97. The lowest BCUT2D eigenvalue weighted by molar-refractivity contribution is 0.769. The van der Waals surface area contributed by atoms with E-state index in [9.17, 15) is 0 Å². The zero-order valence-electron chi connectivity index (χ0n) is 11.3. The molecule has 0 saturated heterocycles. The highest BCUT2D eigenvalue weighted by Gasteiger charge is 2.07. The lowest BCUT2D eigenvalue weighted by Crippen LogP contribution is -2.08. The van der Waals surface area contributed by atoms with Crippen LogP contribution in [0.4, 0.5) is 5.82 Å². The third kappa shape index (κ3) is 4.24. The first-order valence-electron chi connectivity index (χ1n) is 6.24. The fraction of sp³-hybridized carbons (Fsp3) is 0.462. The molecule has 0 atom stereocenters. The minimum atomic E-state index is 0.319. The molecule has 1 N–H and O–H groups in total. The van der Waals surface area contributed by atoms with Crippen LogP contribution in [-0.4, -0.2) is 21.5 Å². The lowest BCUT2D eigenvalue weighted by Gasteiger charge is -2.09. The van der Waals surface area contributed by atoms with Crippen LogP contribution < -0.4 is 5.32 Å². The van der Waals surface area contributed by atoms with Crippen molar-refractivity contribution >= 4 is 33.1 Å². The molecule has 0 aliphatic rings. The number of aromatic nitrogens is 3. The van der Waals surface area contributed by atoms with E-state index in [2.05, 4.69) is 55.4 Å². The number of hydrogen-bond acceptors (Lipinski definition) is 5. The fourth-order valence-electron chi connectivity index (χ4n) is 1.60. The number of nitrogens with one attached hydrogen (secondary N) is 1. The maximum Gasteiger partial charge on any atom is 0.134 e. The molecular weight excluding hydrogens is 324 g/mol. The second-order valence-corrected chi connectivity index (χ2v) is 6.40. The van der Waals surface area contributed by atoms with Crippen LogP contribution >= 0.6 is 27.3 Å². The average molecular weight is 341 g/mol. The minimum absolute atomic E-state index is 0.319. The van der Waals surface area contributed by atoms with E-state index in [4.69, 9.17) is 0 Å². The normalized spacial score (nSPS) is 11.0. The second-order valence-electron chi connectivity index (χ2n) is 4.65. The average Bonchev–Trinajstić information content (AvgIpc) is 2.74. The molecule has 0 bridgehead atoms. The monoisotopic (exact) mass is 340 g/mol. The Balaban J connectivity index is 1.95. The number of nitrogens with zero attached hydrogens (tertiary/aromatic N) is 3. The van der Waals surface area contributed by atoms with Gasteiger partial charge in [0.15, 0.2) is 0 Å². The van der Waals surface area contributed by atoms with Gasteiger partial charge in [-0.25, -0.2) is 15.0 Å². The van der Waals surface area contributed by atoms with Crippen LogP contribution in [0, 0.1) is 6.92 Å². The van der Waals surface area contributed by atoms with E-state index >= 15 is 0 Å². The topological polar surface area (TPSA) is 50.7 Å². The maximum atomic E-state index is 4.50. The van der Waals surface area contributed by atoms with Gasteiger partial charge in [0, 0.05) is 36.0 Å². The first-order valence-corrected chi connectivity index (χ1v) is 7.91. The van der Waals surface area contributed by atoms with Crippen LogP contribution in [0.25, 0.3) is 0 Å². The van der Waals surface area contributed by atoms with Crippen LogP contribution in [0.3, 0.4) is 0 Å². The highest BCUT2D eigenvalue weighted by molar-refractivity contribution is 9.10. The van der Waals surface area contributed by atoms with Crippen molar-refractivity contribution in [2.75, 3.05) is 11.9 Å². The van der Waals surface area contributed by atoms with E-state index in [0.29, 0.717) is 5.92 Å². The number of thiazole rings is 1. The Morgan fingerprint density at radius 2 is 2.11 bits per heavy atom. The molecule has 6 heteroatoms. The van der Waals surface area contributed by atoms with E-state index in [1.165, 1.54) is 0 Å². The van der Waals surface area contributed by atoms with Gasteiger partial charge in [-0.1, -0.05) is 13.8 Å². The quantitative estimate of drug-likeness (QED) is 0.841. The molecule has 0 spiro atoms. The molecule has 0 fully saturated rings. The molecular formula is C13H17BrN4S. The summed E-state index contributed by atoms with van der Waals surface area (Å²) in [6.45, 7) is 7.02. The van der Waals surface area contributed by atoms with Crippen molar-refractivity contribution in [3.63, 3.8) is 0 Å². The summed E-state index contributed by atoms with van der Waals surface area (Å²) in [5.41, 5.74) is 1.09. The summed E-state index contributed by atoms with van der Waals surface area (Å²) < 4.78 is 0.818. The number of hydrogen-bond donors (Lipinski definition) is 1. The summed E-state index contributed by atoms with van der Waals surface area (Å²) in [6.07, 6.45) is 0.914. The van der Waals surface area contributed by atoms with Gasteiger partial charge in [-0.05, 0) is 22.9 Å². The first-order chi connectivity index (χ1) is 9.04. The van der Waals surface area contributed by atoms with Crippen LogP contribution in [0.5, 0.6) is 0 Å². The van der Waals surface area contributed by atoms with Crippen molar-refractivity contribution in [1.29, 1.82) is 0 Å². The summed E-state index contributed by atoms with van der Waals surface area (Å²) in [7, 11) is 0. The predicted octanol–water partition coefficient (Wildman–Crippen LogP) is 3.78. The molecule has 0 aliphatic carbocycles. The van der Waals surface area contributed by atoms with Crippen molar-refractivity contribution < 1.29 is 0 Å². The molecule has 2 rings (SSSR count). The molecule has 0 unspecified atom stereocenters. The molecule has 2 aromatic rings. The van der Waals surface area contributed by atoms with Gasteiger partial charge in [-0.2, -0.15) is 0 Å². The van der Waals surface area contributed by atoms with Gasteiger partial charge in [0.25, 0.3) is 0 Å². The molecule has 2 aromatic heterocycles. The SMILES string of the molecule is Cc1csc(CCNc2cc(Br)nc(C(C)C)n2)n1. The van der Waals surface area contributed by atoms with Gasteiger partial charge in [0.2, 0.25) is 0 Å². The number of rotatable bonds is 5. The van der Waals surface area contributed by atoms with Crippen LogP contribution in [-0.2, 0) is 6.42 Å². The van der Waals surface area contributed by atoms with Crippen molar-refractivity contribution in [2.45, 2.75) is 33.1 Å². The molecule has 4 nitrogen and oxygen atoms in total. The zero-order chi connectivity index (χ0) is 13.8. The summed E-state index contributed by atoms with van der Waals surface area (Å²) in [6, 6.07) is 1.90. The molecule has 2 heterocycles. The molecule has 0 radical (unpaired) electrons. The maximum absolute atomic E-state index is 4.50. The zero-order valence-corrected chi connectivity index (χ0v) is 13.7. The van der Waals surface area contributed by atoms with E-state index in [1.54, 1.807) is 11.3 Å². The van der Waals surface area contributed by atoms with Crippen molar-refractivity contribution in [3.05, 3.63) is 32.6 Å². The Morgan fingerprint density at radius 3 is 2.74 bits per heavy atom. The fourth-order valence-corrected chi connectivity index (χ4v) is 2.77. The summed E-state index contributed by atoms with van der Waals surface area (Å²) in [5, 5.41) is 6.56. The van der Waals surface area contributed by atoms with Gasteiger partial charge in [0.1, 0.15) is 16.2 Å². The van der Waals surface area contributed by atoms with E-state index in [-0.39, 0.29) is 0 Å². The highest BCUT2D eigenvalue weighted by atomic mass is 79.9. The number of halogens is 1. The van der Waals surface area contributed by atoms with Gasteiger partial charge in [-0.15, -0.1) is 11.3 Å². The van der Waals surface area contributed by atoms with Crippen LogP contribution in [0.2, 0.25) is 0 Å². The van der Waals surface area contributed by atoms with Crippen molar-refractivity contribution in [3.8, 4) is 0 Å². The number of anilines is 1. The molecule has 0 saturated carbocycles. The Hall–Kier alpha value is -1.01. The third-order valence-electron chi connectivity index (χ3n) is 2.54. The van der Waals surface area contributed by atoms with Crippen molar-refractivity contribution in [1.82, 2.24) is 15.0 Å². The highest BCUT2D eigenvalue weighted by Crippen LogP contribution is 2.17. The Kier molecular flexibility index (Phi) is 4.87. The lowest BCUT2D eigenvalue weighted by atomic mass is 10.2. The van der Waals surface area contributed by atoms with E-state index in [0.717, 1.165) is 39.9 Å². The number of aryl methyl sites for hydroxylation is 1. The second kappa shape index (κ2) is 6.43. The Labute approximate surface area is 125 Å². The largest absolute Gasteiger partial charge is 0.370 e. The summed E-state index contributed by atoms with van der Waals surface area (Å²) in [4.78, 5) is 13.3. The van der Waals surface area contributed by atoms with Crippen molar-refractivity contribution in [2.24, 2.45) is 0 Å². The molecule has 19 heavy (non-hydrogen) atoms.